The summed E-state index contributed by atoms with van der Waals surface area (Å²) in [6, 6.07) is 13.5. The van der Waals surface area contributed by atoms with Gasteiger partial charge in [0.05, 0.1) is 17.9 Å². The van der Waals surface area contributed by atoms with Gasteiger partial charge in [0.2, 0.25) is 0 Å². The van der Waals surface area contributed by atoms with Gasteiger partial charge in [-0.1, -0.05) is 37.8 Å². The molecule has 2 amide bonds. The van der Waals surface area contributed by atoms with Crippen molar-refractivity contribution in [1.29, 1.82) is 0 Å². The van der Waals surface area contributed by atoms with Crippen LogP contribution in [0.5, 0.6) is 5.75 Å². The standard InChI is InChI=1S/C27H28N2O6/c1-4-14-28-21-9-7-6-8-20(21)27(26(28)33)22(24(31)25(32)29(27)15-17-34-3)23(30)18-10-12-19(13-11-18)35-16-5-2/h5-13,30H,2,4,14-17H2,1,3H3/b23-22-. The van der Waals surface area contributed by atoms with Crippen molar-refractivity contribution in [1.82, 2.24) is 4.90 Å². The third kappa shape index (κ3) is 3.70. The number of fused-ring (bicyclic) bond motifs is 2. The van der Waals surface area contributed by atoms with Gasteiger partial charge < -0.3 is 24.4 Å². The Hall–Kier alpha value is -3.91. The number of carbonyl (C=O) groups excluding carboxylic acids is 3. The molecule has 2 aliphatic rings. The largest absolute Gasteiger partial charge is 0.507 e. The average molecular weight is 477 g/mol. The molecule has 2 aliphatic heterocycles. The van der Waals surface area contributed by atoms with E-state index in [4.69, 9.17) is 9.47 Å². The highest BCUT2D eigenvalue weighted by Gasteiger charge is 2.66. The first-order valence-corrected chi connectivity index (χ1v) is 11.5. The Bertz CT molecular complexity index is 1200. The molecule has 2 aromatic carbocycles. The van der Waals surface area contributed by atoms with Gasteiger partial charge in [-0.3, -0.25) is 14.4 Å². The first-order valence-electron chi connectivity index (χ1n) is 11.5. The van der Waals surface area contributed by atoms with E-state index >= 15 is 0 Å². The molecule has 1 fully saturated rings. The summed E-state index contributed by atoms with van der Waals surface area (Å²) in [5.74, 6) is -2.07. The summed E-state index contributed by atoms with van der Waals surface area (Å²) < 4.78 is 10.7. The van der Waals surface area contributed by atoms with E-state index in [0.29, 0.717) is 42.1 Å². The van der Waals surface area contributed by atoms with Crippen LogP contribution in [0.1, 0.15) is 24.5 Å². The summed E-state index contributed by atoms with van der Waals surface area (Å²) in [4.78, 5) is 43.7. The van der Waals surface area contributed by atoms with E-state index in [1.54, 1.807) is 59.5 Å². The SMILES string of the molecule is C=CCOc1ccc(/C(O)=C2\C(=O)C(=O)N(CCOC)C23C(=O)N(CCC)c2ccccc23)cc1. The molecule has 1 unspecified atom stereocenters. The fourth-order valence-electron chi connectivity index (χ4n) is 4.80. The first kappa shape index (κ1) is 24.2. The number of aliphatic hydroxyl groups is 1. The van der Waals surface area contributed by atoms with E-state index < -0.39 is 28.9 Å². The number of hydrogen-bond acceptors (Lipinski definition) is 6. The van der Waals surface area contributed by atoms with Crippen LogP contribution < -0.4 is 9.64 Å². The van der Waals surface area contributed by atoms with Crippen LogP contribution in [0.3, 0.4) is 0 Å². The van der Waals surface area contributed by atoms with E-state index in [-0.39, 0.29) is 18.7 Å². The predicted molar refractivity (Wildman–Crippen MR) is 131 cm³/mol. The van der Waals surface area contributed by atoms with Gasteiger partial charge in [-0.05, 0) is 36.8 Å². The van der Waals surface area contributed by atoms with Crippen LogP contribution in [0.15, 0.2) is 66.8 Å². The molecule has 1 N–H and O–H groups in total. The Balaban J connectivity index is 1.96. The van der Waals surface area contributed by atoms with E-state index in [2.05, 4.69) is 6.58 Å². The fraction of sp³-hybridized carbons (Fsp3) is 0.296. The Morgan fingerprint density at radius 1 is 1.09 bits per heavy atom. The van der Waals surface area contributed by atoms with E-state index in [1.165, 1.54) is 12.0 Å². The maximum Gasteiger partial charge on any atom is 0.296 e. The zero-order valence-electron chi connectivity index (χ0n) is 19.8. The van der Waals surface area contributed by atoms with Crippen LogP contribution in [-0.4, -0.2) is 61.0 Å². The molecule has 0 saturated carbocycles. The molecule has 8 nitrogen and oxygen atoms in total. The zero-order chi connectivity index (χ0) is 25.2. The molecule has 2 heterocycles. The van der Waals surface area contributed by atoms with Crippen LogP contribution in [0.25, 0.3) is 5.76 Å². The molecule has 182 valence electrons. The quantitative estimate of drug-likeness (QED) is 0.258. The number of Topliss-reactive ketones (excluding diaryl/α,β-unsaturated/α-hetero) is 1. The lowest BCUT2D eigenvalue weighted by Gasteiger charge is -2.34. The summed E-state index contributed by atoms with van der Waals surface area (Å²) in [7, 11) is 1.48. The number of ether oxygens (including phenoxy) is 2. The molecule has 1 spiro atoms. The molecule has 4 rings (SSSR count). The van der Waals surface area contributed by atoms with E-state index in [1.807, 2.05) is 6.92 Å². The number of para-hydroxylation sites is 1. The van der Waals surface area contributed by atoms with Gasteiger partial charge in [0.25, 0.3) is 17.6 Å². The molecule has 1 atom stereocenters. The maximum absolute atomic E-state index is 14.1. The van der Waals surface area contributed by atoms with Crippen molar-refractivity contribution >= 4 is 29.0 Å². The second kappa shape index (κ2) is 9.76. The number of rotatable bonds is 9. The molecular weight excluding hydrogens is 448 g/mol. The molecule has 0 aliphatic carbocycles. The molecule has 0 bridgehead atoms. The van der Waals surface area contributed by atoms with E-state index in [0.717, 1.165) is 0 Å². The van der Waals surface area contributed by atoms with Gasteiger partial charge in [0.1, 0.15) is 18.1 Å². The highest BCUT2D eigenvalue weighted by molar-refractivity contribution is 6.50. The molecular formula is C27H28N2O6. The van der Waals surface area contributed by atoms with Gasteiger partial charge in [-0.25, -0.2) is 0 Å². The number of ketones is 1. The summed E-state index contributed by atoms with van der Waals surface area (Å²) in [5, 5.41) is 11.4. The van der Waals surface area contributed by atoms with Crippen molar-refractivity contribution in [2.24, 2.45) is 0 Å². The number of nitrogens with zero attached hydrogens (tertiary/aromatic N) is 2. The highest BCUT2D eigenvalue weighted by Crippen LogP contribution is 2.53. The first-order chi connectivity index (χ1) is 16.9. The number of benzene rings is 2. The summed E-state index contributed by atoms with van der Waals surface area (Å²) in [6.45, 7) is 6.40. The van der Waals surface area contributed by atoms with Gasteiger partial charge in [0, 0.05) is 31.3 Å². The molecule has 35 heavy (non-hydrogen) atoms. The monoisotopic (exact) mass is 476 g/mol. The lowest BCUT2D eigenvalue weighted by Crippen LogP contribution is -2.52. The van der Waals surface area contributed by atoms with Crippen LogP contribution in [0.2, 0.25) is 0 Å². The fourth-order valence-corrected chi connectivity index (χ4v) is 4.80. The molecule has 2 aromatic rings. The summed E-state index contributed by atoms with van der Waals surface area (Å²) >= 11 is 0. The van der Waals surface area contributed by atoms with Crippen LogP contribution in [0.4, 0.5) is 5.69 Å². The average Bonchev–Trinajstić information content (AvgIpc) is 3.25. The third-order valence-corrected chi connectivity index (χ3v) is 6.27. The number of likely N-dealkylation sites (tertiary alicyclic amines) is 1. The second-order valence-electron chi connectivity index (χ2n) is 8.31. The Labute approximate surface area is 204 Å². The number of methoxy groups -OCH3 is 1. The lowest BCUT2D eigenvalue weighted by atomic mass is 9.82. The zero-order valence-corrected chi connectivity index (χ0v) is 19.8. The summed E-state index contributed by atoms with van der Waals surface area (Å²) in [5.41, 5.74) is -0.627. The Kier molecular flexibility index (Phi) is 6.75. The van der Waals surface area contributed by atoms with Crippen LogP contribution in [0, 0.1) is 0 Å². The van der Waals surface area contributed by atoms with Crippen molar-refractivity contribution in [3.05, 3.63) is 77.9 Å². The van der Waals surface area contributed by atoms with Gasteiger partial charge >= 0.3 is 0 Å². The van der Waals surface area contributed by atoms with Gasteiger partial charge in [-0.15, -0.1) is 0 Å². The smallest absolute Gasteiger partial charge is 0.296 e. The van der Waals surface area contributed by atoms with Crippen molar-refractivity contribution in [2.75, 3.05) is 38.3 Å². The van der Waals surface area contributed by atoms with Gasteiger partial charge in [0.15, 0.2) is 5.54 Å². The number of hydrogen-bond donors (Lipinski definition) is 1. The van der Waals surface area contributed by atoms with Gasteiger partial charge in [-0.2, -0.15) is 0 Å². The maximum atomic E-state index is 14.1. The lowest BCUT2D eigenvalue weighted by molar-refractivity contribution is -0.144. The molecule has 0 aromatic heterocycles. The molecule has 1 saturated heterocycles. The van der Waals surface area contributed by atoms with Crippen molar-refractivity contribution in [3.63, 3.8) is 0 Å². The minimum atomic E-state index is -1.78. The van der Waals surface area contributed by atoms with Crippen molar-refractivity contribution in [3.8, 4) is 5.75 Å². The summed E-state index contributed by atoms with van der Waals surface area (Å²) in [6.07, 6.45) is 2.28. The predicted octanol–water partition coefficient (Wildman–Crippen LogP) is 3.23. The molecule has 0 radical (unpaired) electrons. The van der Waals surface area contributed by atoms with Crippen LogP contribution in [-0.2, 0) is 24.7 Å². The topological polar surface area (TPSA) is 96.4 Å². The normalized spacial score (nSPS) is 20.6. The number of carbonyl (C=O) groups is 3. The Morgan fingerprint density at radius 2 is 1.80 bits per heavy atom. The number of anilines is 1. The third-order valence-electron chi connectivity index (χ3n) is 6.27. The minimum Gasteiger partial charge on any atom is -0.507 e. The van der Waals surface area contributed by atoms with Crippen LogP contribution >= 0.6 is 0 Å². The highest BCUT2D eigenvalue weighted by atomic mass is 16.5. The van der Waals surface area contributed by atoms with E-state index in [9.17, 15) is 19.5 Å². The van der Waals surface area contributed by atoms with Crippen molar-refractivity contribution in [2.45, 2.75) is 18.9 Å². The number of amides is 2. The Morgan fingerprint density at radius 3 is 2.46 bits per heavy atom. The minimum absolute atomic E-state index is 0.00617. The molecule has 8 heteroatoms. The number of aliphatic hydroxyl groups excluding tert-OH is 1. The second-order valence-corrected chi connectivity index (χ2v) is 8.31. The van der Waals surface area contributed by atoms with Crippen molar-refractivity contribution < 1.29 is 29.0 Å².